The number of nitrogens with zero attached hydrogens (tertiary/aromatic N) is 2. The summed E-state index contributed by atoms with van der Waals surface area (Å²) in [5.74, 6) is 2.42. The average Bonchev–Trinajstić information content (AvgIpc) is 3.43. The van der Waals surface area contributed by atoms with E-state index in [4.69, 9.17) is 9.47 Å². The number of aliphatic hydroxyl groups excluding tert-OH is 1. The third kappa shape index (κ3) is 4.57. The van der Waals surface area contributed by atoms with E-state index < -0.39 is 6.10 Å². The highest BCUT2D eigenvalue weighted by atomic mass is 16.5. The summed E-state index contributed by atoms with van der Waals surface area (Å²) in [6.45, 7) is 6.12. The zero-order valence-corrected chi connectivity index (χ0v) is 21.5. The molecule has 6 heteroatoms. The van der Waals surface area contributed by atoms with Gasteiger partial charge in [0.25, 0.3) is 5.91 Å². The van der Waals surface area contributed by atoms with Gasteiger partial charge in [0.05, 0.1) is 19.5 Å². The highest BCUT2D eigenvalue weighted by molar-refractivity contribution is 5.95. The molecule has 3 saturated heterocycles. The number of para-hydroxylation sites is 1. The number of fused-ring (bicyclic) bond motifs is 4. The van der Waals surface area contributed by atoms with Crippen molar-refractivity contribution >= 4 is 5.91 Å². The van der Waals surface area contributed by atoms with Crippen LogP contribution in [0.2, 0.25) is 0 Å². The Balaban J connectivity index is 1.27. The summed E-state index contributed by atoms with van der Waals surface area (Å²) >= 11 is 0. The maximum absolute atomic E-state index is 13.1. The maximum Gasteiger partial charge on any atom is 0.254 e. The van der Waals surface area contributed by atoms with Crippen LogP contribution in [0.4, 0.5) is 0 Å². The summed E-state index contributed by atoms with van der Waals surface area (Å²) in [5.41, 5.74) is 4.15. The van der Waals surface area contributed by atoms with Crippen LogP contribution in [0.5, 0.6) is 11.5 Å². The Hall–Kier alpha value is -3.09. The second-order valence-corrected chi connectivity index (χ2v) is 11.0. The predicted octanol–water partition coefficient (Wildman–Crippen LogP) is 5.09. The van der Waals surface area contributed by atoms with Crippen LogP contribution in [0, 0.1) is 5.92 Å². The van der Waals surface area contributed by atoms with Gasteiger partial charge in [-0.2, -0.15) is 0 Å². The van der Waals surface area contributed by atoms with Crippen molar-refractivity contribution in [3.8, 4) is 11.5 Å². The summed E-state index contributed by atoms with van der Waals surface area (Å²) < 4.78 is 11.5. The highest BCUT2D eigenvalue weighted by Gasteiger charge is 2.45. The molecule has 37 heavy (non-hydrogen) atoms. The van der Waals surface area contributed by atoms with Crippen LogP contribution in [0.3, 0.4) is 0 Å². The lowest BCUT2D eigenvalue weighted by Crippen LogP contribution is -2.45. The van der Waals surface area contributed by atoms with Crippen LogP contribution < -0.4 is 4.74 Å². The number of hydrogen-bond acceptors (Lipinski definition) is 5. The molecular weight excluding hydrogens is 464 g/mol. The topological polar surface area (TPSA) is 62.2 Å². The molecule has 6 rings (SSSR count). The quantitative estimate of drug-likeness (QED) is 0.442. The molecule has 4 atom stereocenters. The zero-order chi connectivity index (χ0) is 25.5. The second kappa shape index (κ2) is 9.99. The van der Waals surface area contributed by atoms with Crippen molar-refractivity contribution in [3.05, 3.63) is 83.6 Å². The van der Waals surface area contributed by atoms with Gasteiger partial charge in [-0.05, 0) is 67.9 Å². The Bertz CT molecular complexity index is 1210. The minimum Gasteiger partial charge on any atom is -0.504 e. The molecular formula is C31H36N2O4. The number of β-amino-alcohol motifs (C(OH)–C–C–N with tert-alkyl or cyclic N) is 1. The van der Waals surface area contributed by atoms with E-state index in [1.165, 1.54) is 24.0 Å². The summed E-state index contributed by atoms with van der Waals surface area (Å²) in [4.78, 5) is 17.5. The van der Waals surface area contributed by atoms with Crippen molar-refractivity contribution in [2.24, 2.45) is 5.92 Å². The molecule has 4 unspecified atom stereocenters. The molecule has 0 spiro atoms. The minimum atomic E-state index is -0.427. The standard InChI is InChI=1S/C31H36N2O4/c1-20(12-14-36-2)18-33-23-8-9-24(33)16-22(15-23)30-26-5-3-4-6-28(26)37-29-17-21(7-10-27(29)30)31(35)32-13-11-25(34)19-32/h3-7,10,12,14,17,22-25,30,34H,1,8-9,11,13,15-16,18-19H2,2H3/b14-12-. The van der Waals surface area contributed by atoms with E-state index in [0.29, 0.717) is 43.1 Å². The average molecular weight is 501 g/mol. The van der Waals surface area contributed by atoms with Gasteiger partial charge in [0.2, 0.25) is 0 Å². The number of methoxy groups -OCH3 is 1. The molecule has 4 aliphatic heterocycles. The van der Waals surface area contributed by atoms with Gasteiger partial charge in [0, 0.05) is 54.3 Å². The van der Waals surface area contributed by atoms with Crippen LogP contribution in [0.1, 0.15) is 59.5 Å². The number of piperidine rings is 1. The SMILES string of the molecule is C=C(/C=C\OC)CN1C2CCC1CC(C1c3ccccc3Oc3cc(C(=O)N4CCC(O)C4)ccc31)C2. The molecule has 3 fully saturated rings. The molecule has 4 heterocycles. The number of carbonyl (C=O) groups excluding carboxylic acids is 1. The van der Waals surface area contributed by atoms with Gasteiger partial charge in [-0.1, -0.05) is 30.8 Å². The van der Waals surface area contributed by atoms with Crippen molar-refractivity contribution in [3.63, 3.8) is 0 Å². The van der Waals surface area contributed by atoms with E-state index in [-0.39, 0.29) is 11.8 Å². The van der Waals surface area contributed by atoms with Gasteiger partial charge >= 0.3 is 0 Å². The highest BCUT2D eigenvalue weighted by Crippen LogP contribution is 2.53. The maximum atomic E-state index is 13.1. The molecule has 0 saturated carbocycles. The predicted molar refractivity (Wildman–Crippen MR) is 143 cm³/mol. The summed E-state index contributed by atoms with van der Waals surface area (Å²) in [7, 11) is 1.66. The number of benzene rings is 2. The van der Waals surface area contributed by atoms with Crippen LogP contribution in [-0.4, -0.2) is 65.7 Å². The molecule has 194 valence electrons. The number of aliphatic hydroxyl groups is 1. The third-order valence-electron chi connectivity index (χ3n) is 8.74. The first kappa shape index (κ1) is 24.3. The number of ether oxygens (including phenoxy) is 2. The smallest absolute Gasteiger partial charge is 0.254 e. The molecule has 2 aromatic rings. The first-order chi connectivity index (χ1) is 18.0. The van der Waals surface area contributed by atoms with Crippen LogP contribution in [0.25, 0.3) is 0 Å². The number of amides is 1. The van der Waals surface area contributed by atoms with Crippen molar-refractivity contribution in [1.82, 2.24) is 9.80 Å². The van der Waals surface area contributed by atoms with Crippen LogP contribution >= 0.6 is 0 Å². The Kier molecular flexibility index (Phi) is 6.55. The molecule has 4 aliphatic rings. The lowest BCUT2D eigenvalue weighted by Gasteiger charge is -2.43. The minimum absolute atomic E-state index is 0.0348. The summed E-state index contributed by atoms with van der Waals surface area (Å²) in [5, 5.41) is 9.89. The van der Waals surface area contributed by atoms with Crippen molar-refractivity contribution < 1.29 is 19.4 Å². The van der Waals surface area contributed by atoms with E-state index in [2.05, 4.69) is 29.7 Å². The second-order valence-electron chi connectivity index (χ2n) is 11.0. The molecule has 0 radical (unpaired) electrons. The zero-order valence-electron chi connectivity index (χ0n) is 21.5. The van der Waals surface area contributed by atoms with Gasteiger partial charge in [0.15, 0.2) is 0 Å². The van der Waals surface area contributed by atoms with Gasteiger partial charge < -0.3 is 19.5 Å². The van der Waals surface area contributed by atoms with E-state index in [1.54, 1.807) is 18.3 Å². The summed E-state index contributed by atoms with van der Waals surface area (Å²) in [6.07, 6.45) is 8.63. The lowest BCUT2D eigenvalue weighted by atomic mass is 9.72. The van der Waals surface area contributed by atoms with Crippen LogP contribution in [0.15, 0.2) is 67.0 Å². The fraction of sp³-hybridized carbons (Fsp3) is 0.452. The Morgan fingerprint density at radius 3 is 2.59 bits per heavy atom. The lowest BCUT2D eigenvalue weighted by molar-refractivity contribution is 0.0764. The number of hydrogen-bond donors (Lipinski definition) is 1. The molecule has 0 aliphatic carbocycles. The molecule has 2 aromatic carbocycles. The van der Waals surface area contributed by atoms with E-state index >= 15 is 0 Å². The van der Waals surface area contributed by atoms with Gasteiger partial charge in [0.1, 0.15) is 11.5 Å². The Labute approximate surface area is 219 Å². The Morgan fingerprint density at radius 1 is 1.11 bits per heavy atom. The van der Waals surface area contributed by atoms with Crippen molar-refractivity contribution in [1.29, 1.82) is 0 Å². The fourth-order valence-electron chi connectivity index (χ4n) is 7.04. The summed E-state index contributed by atoms with van der Waals surface area (Å²) in [6, 6.07) is 15.5. The molecule has 6 nitrogen and oxygen atoms in total. The Morgan fingerprint density at radius 2 is 1.86 bits per heavy atom. The van der Waals surface area contributed by atoms with Crippen molar-refractivity contribution in [2.75, 3.05) is 26.7 Å². The molecule has 0 aromatic heterocycles. The van der Waals surface area contributed by atoms with Gasteiger partial charge in [-0.25, -0.2) is 0 Å². The first-order valence-electron chi connectivity index (χ1n) is 13.5. The largest absolute Gasteiger partial charge is 0.504 e. The monoisotopic (exact) mass is 500 g/mol. The van der Waals surface area contributed by atoms with Crippen molar-refractivity contribution in [2.45, 2.75) is 56.2 Å². The van der Waals surface area contributed by atoms with E-state index in [1.807, 2.05) is 30.3 Å². The van der Waals surface area contributed by atoms with Crippen LogP contribution in [-0.2, 0) is 4.74 Å². The van der Waals surface area contributed by atoms with Gasteiger partial charge in [-0.15, -0.1) is 0 Å². The van der Waals surface area contributed by atoms with E-state index in [9.17, 15) is 9.90 Å². The number of carbonyl (C=O) groups is 1. The number of rotatable bonds is 6. The van der Waals surface area contributed by atoms with E-state index in [0.717, 1.165) is 36.5 Å². The molecule has 1 N–H and O–H groups in total. The van der Waals surface area contributed by atoms with Gasteiger partial charge in [-0.3, -0.25) is 9.69 Å². The fourth-order valence-corrected chi connectivity index (χ4v) is 7.04. The molecule has 2 bridgehead atoms. The molecule has 1 amide bonds. The first-order valence-corrected chi connectivity index (χ1v) is 13.5. The normalized spacial score (nSPS) is 28.6. The third-order valence-corrected chi connectivity index (χ3v) is 8.74. The number of likely N-dealkylation sites (tertiary alicyclic amines) is 1.